The highest BCUT2D eigenvalue weighted by Gasteiger charge is 2.19. The highest BCUT2D eigenvalue weighted by Crippen LogP contribution is 2.47. The van der Waals surface area contributed by atoms with E-state index in [-0.39, 0.29) is 0 Å². The van der Waals surface area contributed by atoms with Crippen molar-refractivity contribution in [2.45, 2.75) is 0 Å². The second kappa shape index (κ2) is 10.5. The first-order valence-electron chi connectivity index (χ1n) is 15.7. The number of imidazole rings is 1. The van der Waals surface area contributed by atoms with Crippen LogP contribution < -0.4 is 0 Å². The van der Waals surface area contributed by atoms with Gasteiger partial charge in [-0.25, -0.2) is 9.97 Å². The van der Waals surface area contributed by atoms with Crippen LogP contribution in [0.15, 0.2) is 152 Å². The average molecular weight is 636 g/mol. The molecule has 0 spiro atoms. The molecule has 0 amide bonds. The van der Waals surface area contributed by atoms with Crippen molar-refractivity contribution in [3.05, 3.63) is 152 Å². The van der Waals surface area contributed by atoms with Crippen molar-refractivity contribution in [3.8, 4) is 39.5 Å². The van der Waals surface area contributed by atoms with Gasteiger partial charge in [0.2, 0.25) is 0 Å². The third kappa shape index (κ3) is 4.17. The Morgan fingerprint density at radius 2 is 1.02 bits per heavy atom. The number of hydrogen-bond acceptors (Lipinski definition) is 4. The molecule has 0 saturated heterocycles. The van der Waals surface area contributed by atoms with Crippen molar-refractivity contribution < 1.29 is 0 Å². The number of nitrogens with zero attached hydrogens (tertiary/aromatic N) is 3. The summed E-state index contributed by atoms with van der Waals surface area (Å²) in [5.41, 5.74) is 9.90. The van der Waals surface area contributed by atoms with Gasteiger partial charge >= 0.3 is 0 Å². The number of fused-ring (bicyclic) bond motifs is 8. The van der Waals surface area contributed by atoms with Crippen LogP contribution in [0, 0.1) is 0 Å². The summed E-state index contributed by atoms with van der Waals surface area (Å²) in [5.74, 6) is 0.939. The smallest absolute Gasteiger partial charge is 0.145 e. The molecule has 0 aliphatic heterocycles. The Labute approximate surface area is 278 Å². The molecule has 47 heavy (non-hydrogen) atoms. The van der Waals surface area contributed by atoms with Gasteiger partial charge in [-0.3, -0.25) is 4.57 Å². The molecule has 3 nitrogen and oxygen atoms in total. The van der Waals surface area contributed by atoms with E-state index < -0.39 is 0 Å². The Morgan fingerprint density at radius 1 is 0.447 bits per heavy atom. The minimum atomic E-state index is 0.939. The Balaban J connectivity index is 1.06. The normalized spacial score (nSPS) is 11.8. The molecule has 0 aliphatic rings. The molecule has 6 aromatic carbocycles. The van der Waals surface area contributed by atoms with E-state index in [1.807, 2.05) is 34.8 Å². The zero-order valence-corrected chi connectivity index (χ0v) is 26.7. The fourth-order valence-corrected chi connectivity index (χ4v) is 9.29. The summed E-state index contributed by atoms with van der Waals surface area (Å²) in [6.07, 6.45) is 0. The Hall–Kier alpha value is -5.62. The SMILES string of the molecule is c1ccc(-n2c(-c3ccc(-c4ccc(-c5nc6c7ccccc7sc6c6c5sc5ccccc56)cc4)cc3)nc3ccccc32)cc1. The van der Waals surface area contributed by atoms with Crippen molar-refractivity contribution in [1.82, 2.24) is 14.5 Å². The van der Waals surface area contributed by atoms with Crippen LogP contribution in [-0.2, 0) is 0 Å². The number of rotatable bonds is 4. The summed E-state index contributed by atoms with van der Waals surface area (Å²) < 4.78 is 7.35. The van der Waals surface area contributed by atoms with Gasteiger partial charge < -0.3 is 0 Å². The number of aromatic nitrogens is 3. The minimum absolute atomic E-state index is 0.939. The minimum Gasteiger partial charge on any atom is -0.292 e. The van der Waals surface area contributed by atoms with Gasteiger partial charge in [-0.15, -0.1) is 22.7 Å². The molecule has 10 aromatic rings. The van der Waals surface area contributed by atoms with Crippen LogP contribution in [0.25, 0.3) is 91.0 Å². The molecule has 4 heterocycles. The monoisotopic (exact) mass is 635 g/mol. The van der Waals surface area contributed by atoms with Crippen molar-refractivity contribution in [2.24, 2.45) is 0 Å². The fourth-order valence-electron chi connectivity index (χ4n) is 6.80. The van der Waals surface area contributed by atoms with Crippen molar-refractivity contribution in [2.75, 3.05) is 0 Å². The summed E-state index contributed by atoms with van der Waals surface area (Å²) in [4.78, 5) is 10.4. The van der Waals surface area contributed by atoms with Crippen LogP contribution in [0.3, 0.4) is 0 Å². The van der Waals surface area contributed by atoms with Crippen molar-refractivity contribution in [1.29, 1.82) is 0 Å². The first-order valence-corrected chi connectivity index (χ1v) is 17.3. The van der Waals surface area contributed by atoms with Crippen LogP contribution in [-0.4, -0.2) is 14.5 Å². The van der Waals surface area contributed by atoms with Gasteiger partial charge in [0.25, 0.3) is 0 Å². The van der Waals surface area contributed by atoms with Gasteiger partial charge in [0.05, 0.1) is 31.6 Å². The summed E-state index contributed by atoms with van der Waals surface area (Å²) in [5, 5.41) is 3.86. The molecule has 10 rings (SSSR count). The molecule has 0 N–H and O–H groups in total. The average Bonchev–Trinajstić information content (AvgIpc) is 3.83. The lowest BCUT2D eigenvalue weighted by atomic mass is 10.0. The molecule has 5 heteroatoms. The third-order valence-electron chi connectivity index (χ3n) is 9.04. The molecule has 220 valence electrons. The lowest BCUT2D eigenvalue weighted by Crippen LogP contribution is -1.97. The molecule has 4 aromatic heterocycles. The lowest BCUT2D eigenvalue weighted by molar-refractivity contribution is 1.10. The Morgan fingerprint density at radius 3 is 1.79 bits per heavy atom. The van der Waals surface area contributed by atoms with Crippen molar-refractivity contribution >= 4 is 74.2 Å². The topological polar surface area (TPSA) is 30.7 Å². The van der Waals surface area contributed by atoms with Crippen LogP contribution in [0.1, 0.15) is 0 Å². The predicted molar refractivity (Wildman–Crippen MR) is 201 cm³/mol. The molecule has 0 bridgehead atoms. The summed E-state index contributed by atoms with van der Waals surface area (Å²) in [6, 6.07) is 53.8. The van der Waals surface area contributed by atoms with E-state index in [0.29, 0.717) is 0 Å². The molecule has 0 unspecified atom stereocenters. The maximum absolute atomic E-state index is 5.37. The molecule has 0 fully saturated rings. The number of benzene rings is 6. The van der Waals surface area contributed by atoms with Gasteiger partial charge in [-0.2, -0.15) is 0 Å². The van der Waals surface area contributed by atoms with Crippen LogP contribution in [0.2, 0.25) is 0 Å². The number of hydrogen-bond donors (Lipinski definition) is 0. The van der Waals surface area contributed by atoms with E-state index in [1.165, 1.54) is 46.1 Å². The second-order valence-electron chi connectivity index (χ2n) is 11.8. The second-order valence-corrected chi connectivity index (χ2v) is 13.9. The van der Waals surface area contributed by atoms with Gasteiger partial charge in [-0.05, 0) is 47.5 Å². The number of thiophene rings is 2. The van der Waals surface area contributed by atoms with E-state index >= 15 is 0 Å². The van der Waals surface area contributed by atoms with Crippen LogP contribution in [0.5, 0.6) is 0 Å². The predicted octanol–water partition coefficient (Wildman–Crippen LogP) is 12.2. The van der Waals surface area contributed by atoms with Gasteiger partial charge in [0, 0.05) is 42.4 Å². The number of para-hydroxylation sites is 3. The van der Waals surface area contributed by atoms with E-state index in [2.05, 4.69) is 144 Å². The fraction of sp³-hybridized carbons (Fsp3) is 0. The van der Waals surface area contributed by atoms with E-state index in [0.717, 1.165) is 44.9 Å². The molecule has 0 atom stereocenters. The molecular formula is C42H25N3S2. The van der Waals surface area contributed by atoms with Gasteiger partial charge in [0.15, 0.2) is 0 Å². The Bertz CT molecular complexity index is 2770. The summed E-state index contributed by atoms with van der Waals surface area (Å²) in [7, 11) is 0. The Kier molecular flexibility index (Phi) is 5.92. The van der Waals surface area contributed by atoms with Crippen LogP contribution in [0.4, 0.5) is 0 Å². The van der Waals surface area contributed by atoms with E-state index in [4.69, 9.17) is 9.97 Å². The zero-order chi connectivity index (χ0) is 30.9. The standard InChI is InChI=1S/C42H25N3S2/c1-2-10-30(11-3-1)45-34-15-7-6-14-33(34)43-42(45)29-24-20-27(21-25-29)26-18-22-28(23-19-26)38-40-37(31-12-4-8-16-35(31)46-40)41-39(44-38)32-13-5-9-17-36(32)47-41/h1-25H. The van der Waals surface area contributed by atoms with Gasteiger partial charge in [-0.1, -0.05) is 115 Å². The summed E-state index contributed by atoms with van der Waals surface area (Å²) >= 11 is 3.70. The third-order valence-corrected chi connectivity index (χ3v) is 11.4. The highest BCUT2D eigenvalue weighted by molar-refractivity contribution is 7.30. The first kappa shape index (κ1) is 26.6. The van der Waals surface area contributed by atoms with Crippen LogP contribution >= 0.6 is 22.7 Å². The van der Waals surface area contributed by atoms with E-state index in [1.54, 1.807) is 0 Å². The quantitative estimate of drug-likeness (QED) is 0.193. The van der Waals surface area contributed by atoms with Crippen molar-refractivity contribution in [3.63, 3.8) is 0 Å². The molecular weight excluding hydrogens is 611 g/mol. The largest absolute Gasteiger partial charge is 0.292 e. The summed E-state index contributed by atoms with van der Waals surface area (Å²) in [6.45, 7) is 0. The molecule has 0 radical (unpaired) electrons. The number of pyridine rings is 1. The van der Waals surface area contributed by atoms with E-state index in [9.17, 15) is 0 Å². The molecule has 0 aliphatic carbocycles. The van der Waals surface area contributed by atoms with Gasteiger partial charge in [0.1, 0.15) is 5.82 Å². The highest BCUT2D eigenvalue weighted by atomic mass is 32.1. The first-order chi connectivity index (χ1) is 23.3. The zero-order valence-electron chi connectivity index (χ0n) is 25.1. The maximum Gasteiger partial charge on any atom is 0.145 e. The lowest BCUT2D eigenvalue weighted by Gasteiger charge is -2.10. The maximum atomic E-state index is 5.37. The molecule has 0 saturated carbocycles.